The van der Waals surface area contributed by atoms with Gasteiger partial charge in [-0.15, -0.1) is 0 Å². The Morgan fingerprint density at radius 2 is 1.70 bits per heavy atom. The average Bonchev–Trinajstić information content (AvgIpc) is 3.19. The van der Waals surface area contributed by atoms with Crippen LogP contribution in [0.25, 0.3) is 0 Å². The lowest BCUT2D eigenvalue weighted by Gasteiger charge is -2.31. The Morgan fingerprint density at radius 1 is 1.03 bits per heavy atom. The van der Waals surface area contributed by atoms with Crippen LogP contribution < -0.4 is 4.74 Å². The third-order valence-corrected chi connectivity index (χ3v) is 7.18. The number of halogens is 1. The Labute approximate surface area is 175 Å². The molecule has 0 N–H and O–H groups in total. The Morgan fingerprint density at radius 3 is 2.37 bits per heavy atom. The van der Waals surface area contributed by atoms with Crippen molar-refractivity contribution < 1.29 is 27.1 Å². The lowest BCUT2D eigenvalue weighted by atomic mass is 10.1. The van der Waals surface area contributed by atoms with E-state index in [9.17, 15) is 17.6 Å². The highest BCUT2D eigenvalue weighted by molar-refractivity contribution is 7.89. The second-order valence-corrected chi connectivity index (χ2v) is 9.16. The third-order valence-electron chi connectivity index (χ3n) is 5.29. The second-order valence-electron chi connectivity index (χ2n) is 7.27. The van der Waals surface area contributed by atoms with Crippen LogP contribution in [0.5, 0.6) is 5.75 Å². The van der Waals surface area contributed by atoms with E-state index < -0.39 is 28.0 Å². The molecule has 2 atom stereocenters. The number of benzene rings is 2. The minimum absolute atomic E-state index is 0.0371. The Balaban J connectivity index is 1.61. The fourth-order valence-corrected chi connectivity index (χ4v) is 5.40. The minimum Gasteiger partial charge on any atom is -0.489 e. The molecule has 0 saturated carbocycles. The molecule has 0 aliphatic carbocycles. The van der Waals surface area contributed by atoms with Crippen molar-refractivity contribution in [3.8, 4) is 5.75 Å². The van der Waals surface area contributed by atoms with Gasteiger partial charge in [0.05, 0.1) is 24.7 Å². The van der Waals surface area contributed by atoms with Gasteiger partial charge in [-0.2, -0.15) is 4.31 Å². The quantitative estimate of drug-likeness (QED) is 0.719. The largest absolute Gasteiger partial charge is 0.489 e. The molecule has 2 aromatic carbocycles. The number of hydrogen-bond donors (Lipinski definition) is 0. The van der Waals surface area contributed by atoms with Gasteiger partial charge in [0.25, 0.3) is 0 Å². The van der Waals surface area contributed by atoms with Gasteiger partial charge in [0.2, 0.25) is 15.9 Å². The van der Waals surface area contributed by atoms with Crippen molar-refractivity contribution in [3.05, 3.63) is 60.4 Å². The zero-order chi connectivity index (χ0) is 21.1. The summed E-state index contributed by atoms with van der Waals surface area (Å²) < 4.78 is 52.3. The summed E-state index contributed by atoms with van der Waals surface area (Å²) in [5.74, 6) is -0.175. The predicted octanol–water partition coefficient (Wildman–Crippen LogP) is 1.90. The van der Waals surface area contributed by atoms with Crippen LogP contribution >= 0.6 is 0 Å². The first-order valence-electron chi connectivity index (χ1n) is 9.81. The summed E-state index contributed by atoms with van der Waals surface area (Å²) in [6.07, 6.45) is -0.233. The van der Waals surface area contributed by atoms with E-state index in [-0.39, 0.29) is 23.8 Å². The average molecular weight is 434 g/mol. The van der Waals surface area contributed by atoms with Gasteiger partial charge in [0.1, 0.15) is 23.7 Å². The molecule has 4 rings (SSSR count). The van der Waals surface area contributed by atoms with Crippen molar-refractivity contribution in [2.75, 3.05) is 32.8 Å². The van der Waals surface area contributed by atoms with E-state index >= 15 is 0 Å². The maximum atomic E-state index is 13.3. The van der Waals surface area contributed by atoms with Crippen LogP contribution in [0.4, 0.5) is 4.39 Å². The van der Waals surface area contributed by atoms with Crippen molar-refractivity contribution in [3.63, 3.8) is 0 Å². The van der Waals surface area contributed by atoms with Crippen LogP contribution in [0.3, 0.4) is 0 Å². The highest BCUT2D eigenvalue weighted by Crippen LogP contribution is 2.30. The summed E-state index contributed by atoms with van der Waals surface area (Å²) in [4.78, 5) is 14.8. The number of sulfonamides is 1. The van der Waals surface area contributed by atoms with Crippen molar-refractivity contribution in [2.24, 2.45) is 0 Å². The summed E-state index contributed by atoms with van der Waals surface area (Å²) in [6, 6.07) is 12.8. The molecule has 2 fully saturated rings. The van der Waals surface area contributed by atoms with E-state index in [1.165, 1.54) is 16.4 Å². The summed E-state index contributed by atoms with van der Waals surface area (Å²) in [7, 11) is -4.01. The van der Waals surface area contributed by atoms with Gasteiger partial charge in [0.15, 0.2) is 0 Å². The normalized spacial score (nSPS) is 22.8. The molecule has 7 nitrogen and oxygen atoms in total. The summed E-state index contributed by atoms with van der Waals surface area (Å²) in [5.41, 5.74) is 0. The van der Waals surface area contributed by atoms with Crippen molar-refractivity contribution in [1.29, 1.82) is 0 Å². The van der Waals surface area contributed by atoms with Crippen molar-refractivity contribution in [2.45, 2.75) is 23.5 Å². The number of carbonyl (C=O) groups is 1. The number of rotatable bonds is 5. The molecule has 0 aromatic heterocycles. The van der Waals surface area contributed by atoms with Crippen molar-refractivity contribution in [1.82, 2.24) is 9.21 Å². The van der Waals surface area contributed by atoms with E-state index in [4.69, 9.17) is 9.47 Å². The lowest BCUT2D eigenvalue weighted by molar-refractivity contribution is -0.138. The van der Waals surface area contributed by atoms with Gasteiger partial charge in [-0.25, -0.2) is 12.8 Å². The Bertz CT molecular complexity index is 978. The molecule has 2 heterocycles. The highest BCUT2D eigenvalue weighted by Gasteiger charge is 2.46. The Kier molecular flexibility index (Phi) is 6.03. The van der Waals surface area contributed by atoms with Crippen LogP contribution in [0.15, 0.2) is 59.5 Å². The van der Waals surface area contributed by atoms with Crippen LogP contribution in [0.1, 0.15) is 6.42 Å². The molecule has 0 spiro atoms. The van der Waals surface area contributed by atoms with E-state index in [1.807, 2.05) is 18.2 Å². The highest BCUT2D eigenvalue weighted by atomic mass is 32.2. The predicted molar refractivity (Wildman–Crippen MR) is 107 cm³/mol. The van der Waals surface area contributed by atoms with Crippen molar-refractivity contribution >= 4 is 15.9 Å². The summed E-state index contributed by atoms with van der Waals surface area (Å²) in [6.45, 7) is 1.73. The topological polar surface area (TPSA) is 76.2 Å². The molecule has 2 aliphatic rings. The molecule has 30 heavy (non-hydrogen) atoms. The van der Waals surface area contributed by atoms with Crippen LogP contribution in [-0.2, 0) is 19.6 Å². The van der Waals surface area contributed by atoms with E-state index in [0.717, 1.165) is 12.1 Å². The first-order chi connectivity index (χ1) is 14.4. The molecule has 9 heteroatoms. The molecular weight excluding hydrogens is 411 g/mol. The fourth-order valence-electron chi connectivity index (χ4n) is 3.77. The van der Waals surface area contributed by atoms with E-state index in [1.54, 1.807) is 17.0 Å². The van der Waals surface area contributed by atoms with Gasteiger partial charge in [0, 0.05) is 19.5 Å². The number of nitrogens with zero attached hydrogens (tertiary/aromatic N) is 2. The summed E-state index contributed by atoms with van der Waals surface area (Å²) in [5, 5.41) is 0. The van der Waals surface area contributed by atoms with E-state index in [0.29, 0.717) is 32.1 Å². The van der Waals surface area contributed by atoms with Crippen LogP contribution in [0, 0.1) is 5.82 Å². The minimum atomic E-state index is -4.01. The van der Waals surface area contributed by atoms with Gasteiger partial charge >= 0.3 is 0 Å². The zero-order valence-electron chi connectivity index (χ0n) is 16.3. The number of para-hydroxylation sites is 1. The zero-order valence-corrected chi connectivity index (χ0v) is 17.1. The van der Waals surface area contributed by atoms with Gasteiger partial charge in [-0.3, -0.25) is 4.79 Å². The number of carbonyl (C=O) groups excluding carboxylic acids is 1. The molecule has 0 unspecified atom stereocenters. The molecule has 1 amide bonds. The van der Waals surface area contributed by atoms with E-state index in [2.05, 4.69) is 0 Å². The molecular formula is C21H23FN2O5S. The van der Waals surface area contributed by atoms with Gasteiger partial charge in [-0.05, 0) is 36.4 Å². The molecule has 0 radical (unpaired) electrons. The van der Waals surface area contributed by atoms with Crippen LogP contribution in [-0.4, -0.2) is 68.5 Å². The maximum Gasteiger partial charge on any atom is 0.243 e. The molecule has 2 aromatic rings. The van der Waals surface area contributed by atoms with Gasteiger partial charge in [-0.1, -0.05) is 18.2 Å². The SMILES string of the molecule is O=C([C@H]1C[C@H](Oc2ccccc2)CN1S(=O)(=O)c1ccc(F)cc1)N1CCOCC1. The Hall–Kier alpha value is -2.49. The molecule has 160 valence electrons. The fraction of sp³-hybridized carbons (Fsp3) is 0.381. The second kappa shape index (κ2) is 8.71. The molecule has 2 aliphatic heterocycles. The first-order valence-corrected chi connectivity index (χ1v) is 11.2. The smallest absolute Gasteiger partial charge is 0.243 e. The summed E-state index contributed by atoms with van der Waals surface area (Å²) >= 11 is 0. The standard InChI is InChI=1S/C21H23FN2O5S/c22-16-6-8-19(9-7-16)30(26,27)24-15-18(29-17-4-2-1-3-5-17)14-20(24)21(25)23-10-12-28-13-11-23/h1-9,18,20H,10-15H2/t18-,20+/m0/s1. The van der Waals surface area contributed by atoms with Gasteiger partial charge < -0.3 is 14.4 Å². The monoisotopic (exact) mass is 434 g/mol. The first kappa shape index (κ1) is 20.8. The molecule has 0 bridgehead atoms. The van der Waals surface area contributed by atoms with Crippen LogP contribution in [0.2, 0.25) is 0 Å². The number of hydrogen-bond acceptors (Lipinski definition) is 5. The number of morpholine rings is 1. The lowest BCUT2D eigenvalue weighted by Crippen LogP contribution is -2.50. The number of ether oxygens (including phenoxy) is 2. The number of amides is 1. The molecule has 2 saturated heterocycles. The maximum absolute atomic E-state index is 13.3. The third kappa shape index (κ3) is 4.33.